The Balaban J connectivity index is 1.98. The molecular weight excluding hydrogens is 292 g/mol. The molecule has 0 amide bonds. The predicted octanol–water partition coefficient (Wildman–Crippen LogP) is 1.56. The van der Waals surface area contributed by atoms with Crippen LogP contribution in [0, 0.1) is 0 Å². The maximum absolute atomic E-state index is 11.8. The Morgan fingerprint density at radius 3 is 2.76 bits per heavy atom. The summed E-state index contributed by atoms with van der Waals surface area (Å²) >= 11 is 0.962. The molecular formula is C13H10N4O3S. The fourth-order valence-corrected chi connectivity index (χ4v) is 2.79. The van der Waals surface area contributed by atoms with Crippen LogP contribution in [0.1, 0.15) is 10.8 Å². The average Bonchev–Trinajstić information content (AvgIpc) is 2.94. The Labute approximate surface area is 122 Å². The Morgan fingerprint density at radius 2 is 2.05 bits per heavy atom. The van der Waals surface area contributed by atoms with Gasteiger partial charge in [0.1, 0.15) is 5.25 Å². The van der Waals surface area contributed by atoms with Crippen molar-refractivity contribution in [2.24, 2.45) is 0 Å². The van der Waals surface area contributed by atoms with Crippen LogP contribution in [0.25, 0.3) is 11.2 Å². The first kappa shape index (κ1) is 13.4. The molecule has 2 heterocycles. The fraction of sp³-hybridized carbons (Fsp3) is 0.0769. The molecule has 0 bridgehead atoms. The summed E-state index contributed by atoms with van der Waals surface area (Å²) in [6.45, 7) is 0. The zero-order valence-electron chi connectivity index (χ0n) is 10.6. The highest BCUT2D eigenvalue weighted by molar-refractivity contribution is 8.00. The van der Waals surface area contributed by atoms with Gasteiger partial charge in [-0.2, -0.15) is 0 Å². The van der Waals surface area contributed by atoms with Crippen LogP contribution in [0.4, 0.5) is 0 Å². The van der Waals surface area contributed by atoms with Gasteiger partial charge in [0.15, 0.2) is 16.3 Å². The Hall–Kier alpha value is -2.61. The second-order valence-electron chi connectivity index (χ2n) is 4.22. The van der Waals surface area contributed by atoms with E-state index in [0.717, 1.165) is 11.8 Å². The normalized spacial score (nSPS) is 12.4. The molecule has 0 saturated heterocycles. The number of carboxylic acid groups (broad SMARTS) is 1. The molecule has 0 aliphatic carbocycles. The molecule has 3 rings (SSSR count). The number of thioether (sulfide) groups is 1. The summed E-state index contributed by atoms with van der Waals surface area (Å²) in [7, 11) is 0. The van der Waals surface area contributed by atoms with E-state index in [1.807, 2.05) is 6.07 Å². The van der Waals surface area contributed by atoms with E-state index in [0.29, 0.717) is 5.56 Å². The Bertz CT molecular complexity index is 843. The first-order chi connectivity index (χ1) is 10.1. The van der Waals surface area contributed by atoms with Crippen molar-refractivity contribution in [1.29, 1.82) is 0 Å². The summed E-state index contributed by atoms with van der Waals surface area (Å²) in [5.41, 5.74) is 0.779. The predicted molar refractivity (Wildman–Crippen MR) is 77.2 cm³/mol. The number of hydrogen-bond acceptors (Lipinski definition) is 5. The molecule has 106 valence electrons. The number of benzene rings is 1. The lowest BCUT2D eigenvalue weighted by atomic mass is 10.1. The molecule has 0 unspecified atom stereocenters. The molecule has 1 aromatic carbocycles. The van der Waals surface area contributed by atoms with E-state index < -0.39 is 11.2 Å². The number of imidazole rings is 1. The van der Waals surface area contributed by atoms with Crippen LogP contribution in [0.5, 0.6) is 0 Å². The van der Waals surface area contributed by atoms with Gasteiger partial charge in [0.2, 0.25) is 0 Å². The van der Waals surface area contributed by atoms with E-state index in [1.165, 1.54) is 6.33 Å². The highest BCUT2D eigenvalue weighted by Gasteiger charge is 2.22. The summed E-state index contributed by atoms with van der Waals surface area (Å²) in [6.07, 6.45) is 1.37. The van der Waals surface area contributed by atoms with Crippen LogP contribution in [-0.2, 0) is 4.79 Å². The second kappa shape index (κ2) is 5.41. The summed E-state index contributed by atoms with van der Waals surface area (Å²) < 4.78 is 0. The first-order valence-corrected chi connectivity index (χ1v) is 6.91. The smallest absolute Gasteiger partial charge is 0.321 e. The number of carbonyl (C=O) groups is 1. The van der Waals surface area contributed by atoms with Crippen molar-refractivity contribution in [3.8, 4) is 0 Å². The highest BCUT2D eigenvalue weighted by atomic mass is 32.2. The number of rotatable bonds is 4. The number of nitrogens with zero attached hydrogens (tertiary/aromatic N) is 2. The van der Waals surface area contributed by atoms with Crippen LogP contribution < -0.4 is 5.56 Å². The van der Waals surface area contributed by atoms with E-state index in [9.17, 15) is 14.7 Å². The highest BCUT2D eigenvalue weighted by Crippen LogP contribution is 2.33. The SMILES string of the molecule is O=C(O)[C@H](Sc1nc2nc[nH]c2c(=O)[nH]1)c1ccccc1. The summed E-state index contributed by atoms with van der Waals surface area (Å²) in [4.78, 5) is 36.6. The van der Waals surface area contributed by atoms with Gasteiger partial charge in [0.25, 0.3) is 5.56 Å². The molecule has 1 atom stereocenters. The molecule has 21 heavy (non-hydrogen) atoms. The fourth-order valence-electron chi connectivity index (χ4n) is 1.88. The molecule has 7 nitrogen and oxygen atoms in total. The third kappa shape index (κ3) is 2.65. The van der Waals surface area contributed by atoms with Crippen LogP contribution in [-0.4, -0.2) is 31.0 Å². The standard InChI is InChI=1S/C13H10N4O3S/c18-11-8-10(15-6-14-8)16-13(17-11)21-9(12(19)20)7-4-2-1-3-5-7/h1-6,9H,(H,19,20)(H2,14,15,16,17,18)/t9-/m1/s1. The van der Waals surface area contributed by atoms with Crippen LogP contribution in [0.15, 0.2) is 46.6 Å². The molecule has 0 fully saturated rings. The number of fused-ring (bicyclic) bond motifs is 1. The summed E-state index contributed by atoms with van der Waals surface area (Å²) in [5.74, 6) is -1.00. The number of nitrogens with one attached hydrogen (secondary N) is 2. The minimum atomic E-state index is -1.00. The lowest BCUT2D eigenvalue weighted by Gasteiger charge is -2.11. The number of aliphatic carboxylic acids is 1. The van der Waals surface area contributed by atoms with Crippen molar-refractivity contribution in [3.63, 3.8) is 0 Å². The van der Waals surface area contributed by atoms with Gasteiger partial charge in [0, 0.05) is 0 Å². The van der Waals surface area contributed by atoms with Gasteiger partial charge in [-0.05, 0) is 5.56 Å². The zero-order chi connectivity index (χ0) is 14.8. The number of aromatic nitrogens is 4. The van der Waals surface area contributed by atoms with Crippen molar-refractivity contribution in [3.05, 3.63) is 52.6 Å². The number of carboxylic acids is 1. The average molecular weight is 302 g/mol. The van der Waals surface area contributed by atoms with Crippen molar-refractivity contribution in [2.45, 2.75) is 10.4 Å². The van der Waals surface area contributed by atoms with E-state index >= 15 is 0 Å². The summed E-state index contributed by atoms with van der Waals surface area (Å²) in [5, 5.41) is 8.73. The maximum atomic E-state index is 11.8. The van der Waals surface area contributed by atoms with Gasteiger partial charge < -0.3 is 10.1 Å². The first-order valence-electron chi connectivity index (χ1n) is 6.03. The monoisotopic (exact) mass is 302 g/mol. The van der Waals surface area contributed by atoms with E-state index in [1.54, 1.807) is 24.3 Å². The summed E-state index contributed by atoms with van der Waals surface area (Å²) in [6, 6.07) is 8.77. The van der Waals surface area contributed by atoms with Crippen molar-refractivity contribution in [1.82, 2.24) is 19.9 Å². The quantitative estimate of drug-likeness (QED) is 0.498. The molecule has 0 radical (unpaired) electrons. The van der Waals surface area contributed by atoms with E-state index in [2.05, 4.69) is 19.9 Å². The van der Waals surface area contributed by atoms with Crippen molar-refractivity contribution in [2.75, 3.05) is 0 Å². The topological polar surface area (TPSA) is 112 Å². The van der Waals surface area contributed by atoms with Gasteiger partial charge in [-0.3, -0.25) is 14.6 Å². The Morgan fingerprint density at radius 1 is 1.29 bits per heavy atom. The lowest BCUT2D eigenvalue weighted by Crippen LogP contribution is -2.12. The largest absolute Gasteiger partial charge is 0.480 e. The van der Waals surface area contributed by atoms with E-state index in [4.69, 9.17) is 0 Å². The van der Waals surface area contributed by atoms with Crippen LogP contribution in [0.3, 0.4) is 0 Å². The van der Waals surface area contributed by atoms with Gasteiger partial charge in [-0.25, -0.2) is 9.97 Å². The van der Waals surface area contributed by atoms with Crippen LogP contribution >= 0.6 is 11.8 Å². The van der Waals surface area contributed by atoms with Crippen molar-refractivity contribution < 1.29 is 9.90 Å². The van der Waals surface area contributed by atoms with Crippen molar-refractivity contribution >= 4 is 28.9 Å². The van der Waals surface area contributed by atoms with E-state index in [-0.39, 0.29) is 21.9 Å². The molecule has 3 aromatic rings. The van der Waals surface area contributed by atoms with Gasteiger partial charge in [-0.1, -0.05) is 42.1 Å². The van der Waals surface area contributed by atoms with Gasteiger partial charge >= 0.3 is 5.97 Å². The number of aromatic amines is 2. The van der Waals surface area contributed by atoms with Gasteiger partial charge in [-0.15, -0.1) is 0 Å². The third-order valence-electron chi connectivity index (χ3n) is 2.83. The maximum Gasteiger partial charge on any atom is 0.321 e. The molecule has 2 aromatic heterocycles. The number of hydrogen-bond donors (Lipinski definition) is 3. The van der Waals surface area contributed by atoms with Crippen LogP contribution in [0.2, 0.25) is 0 Å². The molecule has 0 saturated carbocycles. The Kier molecular flexibility index (Phi) is 3.44. The minimum Gasteiger partial charge on any atom is -0.480 e. The zero-order valence-corrected chi connectivity index (χ0v) is 11.4. The molecule has 0 aliphatic heterocycles. The molecule has 0 aliphatic rings. The third-order valence-corrected chi connectivity index (χ3v) is 3.96. The molecule has 3 N–H and O–H groups in total. The minimum absolute atomic E-state index is 0.218. The number of H-pyrrole nitrogens is 2. The second-order valence-corrected chi connectivity index (χ2v) is 5.31. The lowest BCUT2D eigenvalue weighted by molar-refractivity contribution is -0.136. The molecule has 8 heteroatoms. The molecule has 0 spiro atoms. The van der Waals surface area contributed by atoms with Gasteiger partial charge in [0.05, 0.1) is 6.33 Å².